The second-order valence-electron chi connectivity index (χ2n) is 4.53. The van der Waals surface area contributed by atoms with E-state index in [4.69, 9.17) is 0 Å². The molecular weight excluding hydrogens is 214 g/mol. The molecule has 0 amide bonds. The molecule has 3 rings (SSSR count). The van der Waals surface area contributed by atoms with Crippen LogP contribution in [0.1, 0.15) is 29.9 Å². The van der Waals surface area contributed by atoms with Gasteiger partial charge in [-0.2, -0.15) is 0 Å². The van der Waals surface area contributed by atoms with Crippen LogP contribution in [0.15, 0.2) is 30.6 Å². The lowest BCUT2D eigenvalue weighted by Gasteiger charge is -2.28. The van der Waals surface area contributed by atoms with Crippen LogP contribution in [0.5, 0.6) is 5.75 Å². The van der Waals surface area contributed by atoms with Gasteiger partial charge in [0.1, 0.15) is 5.75 Å². The van der Waals surface area contributed by atoms with E-state index in [1.807, 2.05) is 18.2 Å². The highest BCUT2D eigenvalue weighted by atomic mass is 16.3. The maximum absolute atomic E-state index is 9.93. The summed E-state index contributed by atoms with van der Waals surface area (Å²) in [5.74, 6) is 0.313. The molecule has 0 unspecified atom stereocenters. The molecule has 4 heteroatoms. The number of fused-ring (bicyclic) bond motifs is 1. The second kappa shape index (κ2) is 3.89. The average molecular weight is 229 g/mol. The first kappa shape index (κ1) is 10.4. The number of H-pyrrole nitrogens is 1. The molecule has 0 saturated carbocycles. The van der Waals surface area contributed by atoms with Gasteiger partial charge < -0.3 is 15.4 Å². The maximum atomic E-state index is 9.93. The molecule has 4 nitrogen and oxygen atoms in total. The lowest BCUT2D eigenvalue weighted by molar-refractivity contribution is 0.423. The molecule has 1 aromatic heterocycles. The number of phenolic OH excluding ortho intramolecular Hbond substituents is 1. The third-order valence-electron chi connectivity index (χ3n) is 3.23. The Balaban J connectivity index is 2.08. The van der Waals surface area contributed by atoms with Crippen LogP contribution in [-0.4, -0.2) is 21.1 Å². The number of aromatic hydroxyl groups is 1. The van der Waals surface area contributed by atoms with E-state index in [0.29, 0.717) is 11.8 Å². The van der Waals surface area contributed by atoms with Crippen molar-refractivity contribution in [2.24, 2.45) is 0 Å². The van der Waals surface area contributed by atoms with Gasteiger partial charge in [0.15, 0.2) is 0 Å². The molecule has 0 fully saturated rings. The Kier molecular flexibility index (Phi) is 2.37. The van der Waals surface area contributed by atoms with Gasteiger partial charge in [0.05, 0.1) is 18.1 Å². The van der Waals surface area contributed by atoms with E-state index in [1.54, 1.807) is 12.4 Å². The molecule has 0 aliphatic carbocycles. The van der Waals surface area contributed by atoms with E-state index < -0.39 is 0 Å². The molecular formula is C13H15N3O. The van der Waals surface area contributed by atoms with Gasteiger partial charge in [0.2, 0.25) is 0 Å². The Morgan fingerprint density at radius 1 is 1.35 bits per heavy atom. The van der Waals surface area contributed by atoms with Crippen LogP contribution >= 0.6 is 0 Å². The van der Waals surface area contributed by atoms with Crippen molar-refractivity contribution in [3.05, 3.63) is 47.5 Å². The summed E-state index contributed by atoms with van der Waals surface area (Å²) in [6.45, 7) is 2.14. The highest BCUT2D eigenvalue weighted by molar-refractivity contribution is 5.41. The standard InChI is InChI=1S/C13H15N3O/c1-8-6-10-13(15-7-14-10)12(16-8)9-4-2-3-5-11(9)17/h2-5,7-8,12,16-17H,6H2,1H3,(H,14,15)/t8-,12-/m0/s1. The fourth-order valence-corrected chi connectivity index (χ4v) is 2.44. The molecule has 2 aromatic rings. The van der Waals surface area contributed by atoms with E-state index >= 15 is 0 Å². The minimum Gasteiger partial charge on any atom is -0.508 e. The molecule has 0 bridgehead atoms. The number of aromatic nitrogens is 2. The first-order valence-corrected chi connectivity index (χ1v) is 5.82. The quantitative estimate of drug-likeness (QED) is 0.698. The molecule has 1 aromatic carbocycles. The van der Waals surface area contributed by atoms with Gasteiger partial charge in [0.25, 0.3) is 0 Å². The van der Waals surface area contributed by atoms with Crippen LogP contribution in [0, 0.1) is 0 Å². The molecule has 2 atom stereocenters. The van der Waals surface area contributed by atoms with Crippen molar-refractivity contribution < 1.29 is 5.11 Å². The third-order valence-corrected chi connectivity index (χ3v) is 3.23. The molecule has 3 N–H and O–H groups in total. The Morgan fingerprint density at radius 3 is 3.00 bits per heavy atom. The van der Waals surface area contributed by atoms with Gasteiger partial charge in [0, 0.05) is 23.7 Å². The summed E-state index contributed by atoms with van der Waals surface area (Å²) < 4.78 is 0. The number of hydrogen-bond acceptors (Lipinski definition) is 3. The van der Waals surface area contributed by atoms with E-state index in [2.05, 4.69) is 22.2 Å². The predicted octanol–water partition coefficient (Wildman–Crippen LogP) is 1.74. The minimum absolute atomic E-state index is 0.0267. The first-order chi connectivity index (χ1) is 8.25. The minimum atomic E-state index is -0.0267. The average Bonchev–Trinajstić information content (AvgIpc) is 2.76. The van der Waals surface area contributed by atoms with Crippen molar-refractivity contribution in [3.8, 4) is 5.75 Å². The van der Waals surface area contributed by atoms with Crippen LogP contribution in [0.3, 0.4) is 0 Å². The van der Waals surface area contributed by atoms with E-state index in [-0.39, 0.29) is 6.04 Å². The molecule has 1 aliphatic rings. The van der Waals surface area contributed by atoms with Crippen molar-refractivity contribution in [2.75, 3.05) is 0 Å². The van der Waals surface area contributed by atoms with Crippen LogP contribution in [0.25, 0.3) is 0 Å². The number of para-hydroxylation sites is 1. The number of rotatable bonds is 1. The van der Waals surface area contributed by atoms with Crippen molar-refractivity contribution >= 4 is 0 Å². The molecule has 17 heavy (non-hydrogen) atoms. The third kappa shape index (κ3) is 1.70. The molecule has 0 saturated heterocycles. The van der Waals surface area contributed by atoms with Crippen LogP contribution in [-0.2, 0) is 6.42 Å². The lowest BCUT2D eigenvalue weighted by Crippen LogP contribution is -2.38. The zero-order valence-corrected chi connectivity index (χ0v) is 9.64. The largest absolute Gasteiger partial charge is 0.508 e. The summed E-state index contributed by atoms with van der Waals surface area (Å²) in [6.07, 6.45) is 2.66. The van der Waals surface area contributed by atoms with Gasteiger partial charge in [-0.1, -0.05) is 18.2 Å². The zero-order valence-electron chi connectivity index (χ0n) is 9.64. The Labute approximate surface area is 99.7 Å². The maximum Gasteiger partial charge on any atom is 0.120 e. The van der Waals surface area contributed by atoms with Crippen molar-refractivity contribution in [1.29, 1.82) is 0 Å². The summed E-state index contributed by atoms with van der Waals surface area (Å²) >= 11 is 0. The highest BCUT2D eigenvalue weighted by Crippen LogP contribution is 2.32. The van der Waals surface area contributed by atoms with Crippen molar-refractivity contribution in [2.45, 2.75) is 25.4 Å². The molecule has 0 radical (unpaired) electrons. The Hall–Kier alpha value is -1.81. The number of nitrogens with one attached hydrogen (secondary N) is 2. The molecule has 2 heterocycles. The topological polar surface area (TPSA) is 60.9 Å². The summed E-state index contributed by atoms with van der Waals surface area (Å²) in [6, 6.07) is 7.75. The summed E-state index contributed by atoms with van der Waals surface area (Å²) in [4.78, 5) is 7.54. The number of aromatic amines is 1. The number of hydrogen-bond donors (Lipinski definition) is 3. The summed E-state index contributed by atoms with van der Waals surface area (Å²) in [5, 5.41) is 13.4. The fourth-order valence-electron chi connectivity index (χ4n) is 2.44. The van der Waals surface area contributed by atoms with Gasteiger partial charge >= 0.3 is 0 Å². The van der Waals surface area contributed by atoms with Crippen LogP contribution < -0.4 is 5.32 Å². The summed E-state index contributed by atoms with van der Waals surface area (Å²) in [7, 11) is 0. The predicted molar refractivity (Wildman–Crippen MR) is 64.8 cm³/mol. The Morgan fingerprint density at radius 2 is 2.18 bits per heavy atom. The van der Waals surface area contributed by atoms with Crippen molar-refractivity contribution in [1.82, 2.24) is 15.3 Å². The smallest absolute Gasteiger partial charge is 0.120 e. The highest BCUT2D eigenvalue weighted by Gasteiger charge is 2.28. The van der Waals surface area contributed by atoms with Gasteiger partial charge in [-0.05, 0) is 13.0 Å². The van der Waals surface area contributed by atoms with E-state index in [9.17, 15) is 5.11 Å². The van der Waals surface area contributed by atoms with Gasteiger partial charge in [-0.25, -0.2) is 4.98 Å². The van der Waals surface area contributed by atoms with Crippen LogP contribution in [0.4, 0.5) is 0 Å². The number of nitrogens with zero attached hydrogens (tertiary/aromatic N) is 1. The molecule has 1 aliphatic heterocycles. The SMILES string of the molecule is C[C@H]1Cc2[nH]cnc2[C@H](c2ccccc2O)N1. The van der Waals surface area contributed by atoms with Crippen molar-refractivity contribution in [3.63, 3.8) is 0 Å². The summed E-state index contributed by atoms with van der Waals surface area (Å²) in [5.41, 5.74) is 3.03. The molecule has 0 spiro atoms. The monoisotopic (exact) mass is 229 g/mol. The zero-order chi connectivity index (χ0) is 11.8. The van der Waals surface area contributed by atoms with Gasteiger partial charge in [-0.3, -0.25) is 0 Å². The lowest BCUT2D eigenvalue weighted by atomic mass is 9.94. The van der Waals surface area contributed by atoms with Crippen LogP contribution in [0.2, 0.25) is 0 Å². The number of benzene rings is 1. The first-order valence-electron chi connectivity index (χ1n) is 5.82. The number of phenols is 1. The second-order valence-corrected chi connectivity index (χ2v) is 4.53. The van der Waals surface area contributed by atoms with E-state index in [0.717, 1.165) is 23.4 Å². The number of imidazole rings is 1. The fraction of sp³-hybridized carbons (Fsp3) is 0.308. The normalized spacial score (nSPS) is 23.4. The van der Waals surface area contributed by atoms with E-state index in [1.165, 1.54) is 0 Å². The van der Waals surface area contributed by atoms with Gasteiger partial charge in [-0.15, -0.1) is 0 Å². The Bertz CT molecular complexity index is 535. The molecule has 88 valence electrons.